The van der Waals surface area contributed by atoms with Crippen LogP contribution in [0.25, 0.3) is 11.3 Å². The summed E-state index contributed by atoms with van der Waals surface area (Å²) in [6, 6.07) is 8.48. The summed E-state index contributed by atoms with van der Waals surface area (Å²) in [4.78, 5) is 4.37. The van der Waals surface area contributed by atoms with Crippen molar-refractivity contribution in [1.82, 2.24) is 4.98 Å². The van der Waals surface area contributed by atoms with Gasteiger partial charge in [-0.25, -0.2) is 4.98 Å². The maximum atomic E-state index is 5.41. The van der Waals surface area contributed by atoms with E-state index >= 15 is 0 Å². The van der Waals surface area contributed by atoms with Crippen LogP contribution in [0.15, 0.2) is 28.7 Å². The highest BCUT2D eigenvalue weighted by Gasteiger charge is 2.08. The molecule has 2 heteroatoms. The van der Waals surface area contributed by atoms with E-state index in [1.807, 2.05) is 13.8 Å². The minimum Gasteiger partial charge on any atom is -0.446 e. The van der Waals surface area contributed by atoms with E-state index in [2.05, 4.69) is 36.2 Å². The lowest BCUT2D eigenvalue weighted by molar-refractivity contribution is 0.495. The van der Waals surface area contributed by atoms with Gasteiger partial charge in [-0.2, -0.15) is 0 Å². The summed E-state index contributed by atoms with van der Waals surface area (Å²) in [7, 11) is 0. The normalized spacial score (nSPS) is 10.6. The predicted octanol–water partition coefficient (Wildman–Crippen LogP) is 3.52. The van der Waals surface area contributed by atoms with E-state index in [1.165, 1.54) is 5.56 Å². The molecule has 0 atom stereocenters. The van der Waals surface area contributed by atoms with E-state index in [1.54, 1.807) is 0 Å². The second-order valence-corrected chi connectivity index (χ2v) is 3.69. The first-order chi connectivity index (χ1) is 7.20. The van der Waals surface area contributed by atoms with Crippen LogP contribution in [0, 0.1) is 13.8 Å². The number of rotatable bonds is 2. The Kier molecular flexibility index (Phi) is 2.58. The zero-order valence-electron chi connectivity index (χ0n) is 9.37. The summed E-state index contributed by atoms with van der Waals surface area (Å²) >= 11 is 0. The van der Waals surface area contributed by atoms with Crippen LogP contribution in [0.1, 0.15) is 24.1 Å². The van der Waals surface area contributed by atoms with E-state index in [-0.39, 0.29) is 0 Å². The Morgan fingerprint density at radius 3 is 2.27 bits per heavy atom. The van der Waals surface area contributed by atoms with Crippen LogP contribution in [0.5, 0.6) is 0 Å². The van der Waals surface area contributed by atoms with Crippen molar-refractivity contribution in [1.29, 1.82) is 0 Å². The van der Waals surface area contributed by atoms with Crippen molar-refractivity contribution in [2.75, 3.05) is 0 Å². The third-order valence-electron chi connectivity index (χ3n) is 2.54. The molecule has 0 bridgehead atoms. The molecule has 0 amide bonds. The molecule has 1 aromatic heterocycles. The molecule has 1 aromatic carbocycles. The first kappa shape index (κ1) is 9.97. The third-order valence-corrected chi connectivity index (χ3v) is 2.54. The number of aryl methyl sites for hydroxylation is 3. The van der Waals surface area contributed by atoms with Crippen LogP contribution in [-0.2, 0) is 6.42 Å². The van der Waals surface area contributed by atoms with Crippen LogP contribution in [0.4, 0.5) is 0 Å². The quantitative estimate of drug-likeness (QED) is 0.743. The fourth-order valence-electron chi connectivity index (χ4n) is 1.70. The van der Waals surface area contributed by atoms with Crippen molar-refractivity contribution in [3.05, 3.63) is 41.5 Å². The standard InChI is InChI=1S/C13H15NO/c1-4-11-5-7-12(8-6-11)13-9(2)15-10(3)14-13/h5-8H,4H2,1-3H3. The van der Waals surface area contributed by atoms with Gasteiger partial charge in [0.1, 0.15) is 11.5 Å². The molecular formula is C13H15NO. The van der Waals surface area contributed by atoms with Gasteiger partial charge >= 0.3 is 0 Å². The summed E-state index contributed by atoms with van der Waals surface area (Å²) in [5, 5.41) is 0. The molecule has 0 fully saturated rings. The van der Waals surface area contributed by atoms with Crippen molar-refractivity contribution in [3.8, 4) is 11.3 Å². The summed E-state index contributed by atoms with van der Waals surface area (Å²) in [6.45, 7) is 5.97. The van der Waals surface area contributed by atoms with E-state index in [0.717, 1.165) is 29.3 Å². The monoisotopic (exact) mass is 201 g/mol. The molecule has 0 saturated heterocycles. The molecule has 0 aliphatic carbocycles. The molecule has 1 heterocycles. The minimum atomic E-state index is 0.724. The lowest BCUT2D eigenvalue weighted by Crippen LogP contribution is -1.83. The lowest BCUT2D eigenvalue weighted by atomic mass is 10.1. The molecule has 0 aliphatic rings. The van der Waals surface area contributed by atoms with Crippen LogP contribution < -0.4 is 0 Å². The number of aromatic nitrogens is 1. The number of hydrogen-bond donors (Lipinski definition) is 0. The van der Waals surface area contributed by atoms with Gasteiger partial charge in [-0.3, -0.25) is 0 Å². The largest absolute Gasteiger partial charge is 0.446 e. The Morgan fingerprint density at radius 1 is 1.13 bits per heavy atom. The molecule has 2 aromatic rings. The molecular weight excluding hydrogens is 186 g/mol. The van der Waals surface area contributed by atoms with Gasteiger partial charge in [-0.05, 0) is 18.9 Å². The van der Waals surface area contributed by atoms with Crippen molar-refractivity contribution in [2.24, 2.45) is 0 Å². The Morgan fingerprint density at radius 2 is 1.80 bits per heavy atom. The summed E-state index contributed by atoms with van der Waals surface area (Å²) in [5.74, 6) is 1.61. The molecule has 15 heavy (non-hydrogen) atoms. The SMILES string of the molecule is CCc1ccc(-c2nc(C)oc2C)cc1. The van der Waals surface area contributed by atoms with Gasteiger partial charge < -0.3 is 4.42 Å². The van der Waals surface area contributed by atoms with E-state index in [4.69, 9.17) is 4.42 Å². The summed E-state index contributed by atoms with van der Waals surface area (Å²) in [5.41, 5.74) is 3.42. The molecule has 0 spiro atoms. The number of nitrogens with zero attached hydrogens (tertiary/aromatic N) is 1. The Labute approximate surface area is 90.0 Å². The van der Waals surface area contributed by atoms with Gasteiger partial charge in [0.2, 0.25) is 0 Å². The fourth-order valence-corrected chi connectivity index (χ4v) is 1.70. The van der Waals surface area contributed by atoms with Crippen molar-refractivity contribution >= 4 is 0 Å². The Bertz CT molecular complexity index is 454. The Balaban J connectivity index is 2.41. The smallest absolute Gasteiger partial charge is 0.191 e. The first-order valence-electron chi connectivity index (χ1n) is 5.24. The fraction of sp³-hybridized carbons (Fsp3) is 0.308. The third kappa shape index (κ3) is 1.94. The van der Waals surface area contributed by atoms with Crippen molar-refractivity contribution in [3.63, 3.8) is 0 Å². The van der Waals surface area contributed by atoms with Crippen LogP contribution in [0.3, 0.4) is 0 Å². The van der Waals surface area contributed by atoms with Gasteiger partial charge in [-0.15, -0.1) is 0 Å². The molecule has 0 unspecified atom stereocenters. The lowest BCUT2D eigenvalue weighted by Gasteiger charge is -1.99. The number of benzene rings is 1. The zero-order valence-corrected chi connectivity index (χ0v) is 9.37. The molecule has 2 rings (SSSR count). The topological polar surface area (TPSA) is 26.0 Å². The highest BCUT2D eigenvalue weighted by molar-refractivity contribution is 5.61. The maximum Gasteiger partial charge on any atom is 0.191 e. The first-order valence-corrected chi connectivity index (χ1v) is 5.24. The molecule has 0 aliphatic heterocycles. The van der Waals surface area contributed by atoms with Gasteiger partial charge in [-0.1, -0.05) is 31.2 Å². The van der Waals surface area contributed by atoms with Crippen molar-refractivity contribution < 1.29 is 4.42 Å². The average Bonchev–Trinajstić information content (AvgIpc) is 2.58. The molecule has 2 nitrogen and oxygen atoms in total. The van der Waals surface area contributed by atoms with Crippen LogP contribution in [0.2, 0.25) is 0 Å². The molecule has 0 saturated carbocycles. The zero-order chi connectivity index (χ0) is 10.8. The molecule has 78 valence electrons. The van der Waals surface area contributed by atoms with Gasteiger partial charge in [0.25, 0.3) is 0 Å². The van der Waals surface area contributed by atoms with Crippen LogP contribution in [-0.4, -0.2) is 4.98 Å². The van der Waals surface area contributed by atoms with Gasteiger partial charge in [0, 0.05) is 12.5 Å². The number of hydrogen-bond acceptors (Lipinski definition) is 2. The van der Waals surface area contributed by atoms with E-state index < -0.39 is 0 Å². The number of oxazole rings is 1. The summed E-state index contributed by atoms with van der Waals surface area (Å²) < 4.78 is 5.41. The molecule has 0 radical (unpaired) electrons. The maximum absolute atomic E-state index is 5.41. The van der Waals surface area contributed by atoms with Crippen molar-refractivity contribution in [2.45, 2.75) is 27.2 Å². The van der Waals surface area contributed by atoms with Crippen LogP contribution >= 0.6 is 0 Å². The molecule has 0 N–H and O–H groups in total. The summed E-state index contributed by atoms with van der Waals surface area (Å²) in [6.07, 6.45) is 1.07. The minimum absolute atomic E-state index is 0.724. The van der Waals surface area contributed by atoms with E-state index in [0.29, 0.717) is 0 Å². The highest BCUT2D eigenvalue weighted by Crippen LogP contribution is 2.23. The predicted molar refractivity (Wildman–Crippen MR) is 60.8 cm³/mol. The highest BCUT2D eigenvalue weighted by atomic mass is 16.4. The average molecular weight is 201 g/mol. The Hall–Kier alpha value is -1.57. The van der Waals surface area contributed by atoms with Gasteiger partial charge in [0.15, 0.2) is 5.89 Å². The van der Waals surface area contributed by atoms with Gasteiger partial charge in [0.05, 0.1) is 0 Å². The van der Waals surface area contributed by atoms with E-state index in [9.17, 15) is 0 Å². The second kappa shape index (κ2) is 3.89. The second-order valence-electron chi connectivity index (χ2n) is 3.69.